The fourth-order valence-electron chi connectivity index (χ4n) is 3.88. The van der Waals surface area contributed by atoms with Crippen molar-refractivity contribution < 1.29 is 8.78 Å². The van der Waals surface area contributed by atoms with Gasteiger partial charge in [0.15, 0.2) is 0 Å². The number of hydrogen-bond acceptors (Lipinski definition) is 4. The molecule has 1 aliphatic heterocycles. The van der Waals surface area contributed by atoms with Crippen molar-refractivity contribution in [1.29, 1.82) is 0 Å². The summed E-state index contributed by atoms with van der Waals surface area (Å²) >= 11 is 0. The Morgan fingerprint density at radius 1 is 0.966 bits per heavy atom. The highest BCUT2D eigenvalue weighted by Crippen LogP contribution is 2.28. The Labute approximate surface area is 166 Å². The van der Waals surface area contributed by atoms with Crippen molar-refractivity contribution in [3.8, 4) is 0 Å². The Balaban J connectivity index is 1.46. The number of aromatic nitrogens is 3. The Bertz CT molecular complexity index is 1210. The molecular weight excluding hydrogens is 370 g/mol. The van der Waals surface area contributed by atoms with Crippen LogP contribution in [0.25, 0.3) is 10.9 Å². The van der Waals surface area contributed by atoms with Crippen LogP contribution >= 0.6 is 0 Å². The zero-order chi connectivity index (χ0) is 19.8. The highest BCUT2D eigenvalue weighted by molar-refractivity contribution is 5.89. The fourth-order valence-corrected chi connectivity index (χ4v) is 3.88. The van der Waals surface area contributed by atoms with Crippen LogP contribution in [0.1, 0.15) is 22.4 Å². The largest absolute Gasteiger partial charge is 0.351 e. The molecule has 3 heterocycles. The van der Waals surface area contributed by atoms with E-state index in [-0.39, 0.29) is 11.6 Å². The normalized spacial score (nSPS) is 13.5. The van der Waals surface area contributed by atoms with Gasteiger partial charge in [0.25, 0.3) is 0 Å². The number of hydrogen-bond donors (Lipinski definition) is 0. The molecule has 2 aromatic heterocycles. The van der Waals surface area contributed by atoms with Gasteiger partial charge in [-0.25, -0.2) is 18.7 Å². The van der Waals surface area contributed by atoms with Crippen LogP contribution in [0.5, 0.6) is 0 Å². The molecule has 2 aromatic carbocycles. The maximum atomic E-state index is 14.0. The summed E-state index contributed by atoms with van der Waals surface area (Å²) in [6.07, 6.45) is 4.61. The monoisotopic (exact) mass is 388 g/mol. The van der Waals surface area contributed by atoms with Crippen LogP contribution < -0.4 is 4.90 Å². The van der Waals surface area contributed by atoms with Crippen LogP contribution in [0.4, 0.5) is 14.6 Å². The van der Waals surface area contributed by atoms with Crippen LogP contribution in [0.3, 0.4) is 0 Å². The van der Waals surface area contributed by atoms with Gasteiger partial charge in [0.05, 0.1) is 5.52 Å². The summed E-state index contributed by atoms with van der Waals surface area (Å²) in [7, 11) is 0. The van der Waals surface area contributed by atoms with E-state index in [2.05, 4.69) is 25.9 Å². The zero-order valence-electron chi connectivity index (χ0n) is 15.6. The molecule has 0 radical (unpaired) electrons. The summed E-state index contributed by atoms with van der Waals surface area (Å²) in [5.74, 6) is 0.209. The first-order chi connectivity index (χ1) is 14.2. The Morgan fingerprint density at radius 2 is 1.86 bits per heavy atom. The van der Waals surface area contributed by atoms with Crippen molar-refractivity contribution in [2.45, 2.75) is 19.4 Å². The maximum absolute atomic E-state index is 14.0. The summed E-state index contributed by atoms with van der Waals surface area (Å²) in [5.41, 5.74) is 4.47. The topological polar surface area (TPSA) is 41.9 Å². The smallest absolute Gasteiger partial charge is 0.140 e. The van der Waals surface area contributed by atoms with E-state index >= 15 is 0 Å². The van der Waals surface area contributed by atoms with Gasteiger partial charge < -0.3 is 4.90 Å². The molecule has 4 aromatic rings. The first kappa shape index (κ1) is 17.7. The van der Waals surface area contributed by atoms with Gasteiger partial charge in [0.2, 0.25) is 0 Å². The molecular formula is C23H18F2N4. The van der Waals surface area contributed by atoms with Crippen molar-refractivity contribution in [2.24, 2.45) is 0 Å². The lowest BCUT2D eigenvalue weighted by atomic mass is 10.00. The van der Waals surface area contributed by atoms with E-state index in [1.54, 1.807) is 18.2 Å². The Kier molecular flexibility index (Phi) is 4.39. The fraction of sp³-hybridized carbons (Fsp3) is 0.174. The second kappa shape index (κ2) is 7.20. The van der Waals surface area contributed by atoms with Gasteiger partial charge in [-0.15, -0.1) is 0 Å². The van der Waals surface area contributed by atoms with Crippen molar-refractivity contribution in [3.63, 3.8) is 0 Å². The molecule has 0 fully saturated rings. The highest BCUT2D eigenvalue weighted by Gasteiger charge is 2.21. The molecule has 0 amide bonds. The number of halogens is 2. The summed E-state index contributed by atoms with van der Waals surface area (Å²) in [6, 6.07) is 13.4. The number of rotatable bonds is 3. The molecule has 0 bridgehead atoms. The van der Waals surface area contributed by atoms with E-state index in [1.807, 2.05) is 12.3 Å². The van der Waals surface area contributed by atoms with Crippen LogP contribution in [-0.4, -0.2) is 21.5 Å². The van der Waals surface area contributed by atoms with Crippen molar-refractivity contribution >= 4 is 16.7 Å². The van der Waals surface area contributed by atoms with Crippen molar-refractivity contribution in [3.05, 3.63) is 95.1 Å². The van der Waals surface area contributed by atoms with E-state index < -0.39 is 0 Å². The molecule has 0 spiro atoms. The molecule has 0 aliphatic carbocycles. The molecule has 0 unspecified atom stereocenters. The van der Waals surface area contributed by atoms with Crippen molar-refractivity contribution in [1.82, 2.24) is 15.0 Å². The predicted molar refractivity (Wildman–Crippen MR) is 108 cm³/mol. The van der Waals surface area contributed by atoms with Crippen LogP contribution in [-0.2, 0) is 19.4 Å². The molecule has 29 heavy (non-hydrogen) atoms. The molecule has 6 heteroatoms. The lowest BCUT2D eigenvalue weighted by molar-refractivity contribution is 0.613. The maximum Gasteiger partial charge on any atom is 0.140 e. The summed E-state index contributed by atoms with van der Waals surface area (Å²) in [6.45, 7) is 1.37. The number of benzene rings is 2. The van der Waals surface area contributed by atoms with Gasteiger partial charge in [-0.05, 0) is 41.0 Å². The van der Waals surface area contributed by atoms with Crippen molar-refractivity contribution in [2.75, 3.05) is 11.4 Å². The minimum atomic E-state index is -0.306. The van der Waals surface area contributed by atoms with Crippen LogP contribution in [0.15, 0.2) is 61.1 Å². The average Bonchev–Trinajstić information content (AvgIpc) is 2.74. The SMILES string of the molecule is Fc1ccc2ncnc(N3CCc4ncc(Cc5ccccc5F)cc4C3)c2c1. The summed E-state index contributed by atoms with van der Waals surface area (Å²) in [4.78, 5) is 15.4. The Hall–Kier alpha value is -3.41. The first-order valence-corrected chi connectivity index (χ1v) is 9.53. The van der Waals surface area contributed by atoms with E-state index in [0.717, 1.165) is 35.6 Å². The lowest BCUT2D eigenvalue weighted by Crippen LogP contribution is -2.32. The van der Waals surface area contributed by atoms with E-state index in [4.69, 9.17) is 0 Å². The van der Waals surface area contributed by atoms with Gasteiger partial charge in [0.1, 0.15) is 23.8 Å². The molecule has 4 nitrogen and oxygen atoms in total. The lowest BCUT2D eigenvalue weighted by Gasteiger charge is -2.30. The van der Waals surface area contributed by atoms with Crippen LogP contribution in [0.2, 0.25) is 0 Å². The predicted octanol–water partition coefficient (Wildman–Crippen LogP) is 4.46. The number of anilines is 1. The van der Waals surface area contributed by atoms with Gasteiger partial charge in [-0.3, -0.25) is 4.98 Å². The summed E-state index contributed by atoms with van der Waals surface area (Å²) in [5, 5.41) is 0.700. The molecule has 1 aliphatic rings. The number of fused-ring (bicyclic) bond motifs is 2. The van der Waals surface area contributed by atoms with Gasteiger partial charge in [-0.1, -0.05) is 24.3 Å². The first-order valence-electron chi connectivity index (χ1n) is 9.53. The Morgan fingerprint density at radius 3 is 2.76 bits per heavy atom. The van der Waals surface area contributed by atoms with Gasteiger partial charge in [-0.2, -0.15) is 0 Å². The second-order valence-electron chi connectivity index (χ2n) is 7.25. The standard InChI is InChI=1S/C23H18F2N4/c24-18-5-6-22-19(11-18)23(28-14-27-22)29-8-7-21-17(13-29)10-15(12-26-21)9-16-3-1-2-4-20(16)25/h1-6,10-12,14H,7-9,13H2. The molecule has 144 valence electrons. The summed E-state index contributed by atoms with van der Waals surface area (Å²) < 4.78 is 27.8. The van der Waals surface area contributed by atoms with Crippen LogP contribution in [0, 0.1) is 11.6 Å². The molecule has 0 atom stereocenters. The minimum absolute atomic E-state index is 0.207. The third-order valence-electron chi connectivity index (χ3n) is 5.32. The number of pyridine rings is 1. The third kappa shape index (κ3) is 3.42. The molecule has 0 saturated heterocycles. The quantitative estimate of drug-likeness (QED) is 0.520. The average molecular weight is 388 g/mol. The number of nitrogens with zero attached hydrogens (tertiary/aromatic N) is 4. The second-order valence-corrected chi connectivity index (χ2v) is 7.25. The van der Waals surface area contributed by atoms with E-state index in [1.165, 1.54) is 24.5 Å². The third-order valence-corrected chi connectivity index (χ3v) is 5.32. The highest BCUT2D eigenvalue weighted by atomic mass is 19.1. The molecule has 0 saturated carbocycles. The zero-order valence-corrected chi connectivity index (χ0v) is 15.6. The minimum Gasteiger partial charge on any atom is -0.351 e. The van der Waals surface area contributed by atoms with E-state index in [0.29, 0.717) is 29.4 Å². The molecule has 0 N–H and O–H groups in total. The van der Waals surface area contributed by atoms with E-state index in [9.17, 15) is 8.78 Å². The van der Waals surface area contributed by atoms with Gasteiger partial charge in [0, 0.05) is 43.2 Å². The molecule has 5 rings (SSSR count). The van der Waals surface area contributed by atoms with Gasteiger partial charge >= 0.3 is 0 Å².